The van der Waals surface area contributed by atoms with Crippen molar-refractivity contribution in [3.05, 3.63) is 126 Å². The number of rotatable bonds is 14. The maximum atomic E-state index is 14.7. The van der Waals surface area contributed by atoms with Crippen molar-refractivity contribution in [1.29, 1.82) is 0 Å². The summed E-state index contributed by atoms with van der Waals surface area (Å²) < 4.78 is 49.1. The number of nitrogens with zero attached hydrogens (tertiary/aromatic N) is 2. The number of anilines is 1. The first-order valence-corrected chi connectivity index (χ1v) is 18.3. The molecule has 258 valence electrons. The van der Waals surface area contributed by atoms with Gasteiger partial charge in [0, 0.05) is 19.0 Å². The lowest BCUT2D eigenvalue weighted by molar-refractivity contribution is -0.140. The zero-order valence-electron chi connectivity index (χ0n) is 28.1. The summed E-state index contributed by atoms with van der Waals surface area (Å²) in [7, 11) is -4.25. The lowest BCUT2D eigenvalue weighted by Gasteiger charge is -2.35. The highest BCUT2D eigenvalue weighted by Gasteiger charge is 2.35. The number of benzene rings is 4. The SMILES string of the molecule is CCOc1ccc(S(=O)(=O)N(CC(=O)N(Cc2ccc(F)cc2)[C@H](Cc2ccccc2)C(=O)NC2CCCCC2)c2ccc(C)cc2)cc1. The molecule has 1 aliphatic carbocycles. The first kappa shape index (κ1) is 35.6. The predicted octanol–water partition coefficient (Wildman–Crippen LogP) is 6.82. The van der Waals surface area contributed by atoms with Crippen LogP contribution in [0.25, 0.3) is 0 Å². The Morgan fingerprint density at radius 1 is 0.857 bits per heavy atom. The van der Waals surface area contributed by atoms with Gasteiger partial charge < -0.3 is 15.0 Å². The molecule has 0 heterocycles. The Hall–Kier alpha value is -4.70. The molecule has 4 aromatic rings. The lowest BCUT2D eigenvalue weighted by Crippen LogP contribution is -2.55. The number of ether oxygens (including phenoxy) is 1. The molecule has 8 nitrogen and oxygen atoms in total. The number of carbonyl (C=O) groups is 2. The number of hydrogen-bond donors (Lipinski definition) is 1. The average Bonchev–Trinajstić information content (AvgIpc) is 3.11. The van der Waals surface area contributed by atoms with E-state index in [0.717, 1.165) is 47.5 Å². The van der Waals surface area contributed by atoms with E-state index >= 15 is 0 Å². The minimum atomic E-state index is -4.25. The number of halogens is 1. The summed E-state index contributed by atoms with van der Waals surface area (Å²) in [6, 6.07) is 27.2. The molecule has 4 aromatic carbocycles. The minimum Gasteiger partial charge on any atom is -0.494 e. The lowest BCUT2D eigenvalue weighted by atomic mass is 9.94. The summed E-state index contributed by atoms with van der Waals surface area (Å²) in [4.78, 5) is 30.3. The van der Waals surface area contributed by atoms with E-state index in [-0.39, 0.29) is 29.8 Å². The molecular weight excluding hydrogens is 642 g/mol. The van der Waals surface area contributed by atoms with Crippen LogP contribution >= 0.6 is 0 Å². The molecule has 0 saturated heterocycles. The van der Waals surface area contributed by atoms with Crippen LogP contribution in [0.15, 0.2) is 108 Å². The molecule has 1 aliphatic rings. The standard InChI is InChI=1S/C39H44FN3O5S/c1-3-48-35-22-24-36(25-23-35)49(46,47)43(34-20-14-29(2)15-21-34)28-38(44)42(27-31-16-18-32(40)19-17-31)37(26-30-10-6-4-7-11-30)39(45)41-33-12-8-5-9-13-33/h4,6-7,10-11,14-25,33,37H,3,5,8-9,12-13,26-28H2,1-2H3,(H,41,45)/t37-/m1/s1. The van der Waals surface area contributed by atoms with Crippen LogP contribution < -0.4 is 14.4 Å². The van der Waals surface area contributed by atoms with Crippen LogP contribution in [0, 0.1) is 12.7 Å². The molecular formula is C39H44FN3O5S. The Morgan fingerprint density at radius 3 is 2.14 bits per heavy atom. The zero-order chi connectivity index (χ0) is 34.8. The second-order valence-corrected chi connectivity index (χ2v) is 14.3. The second kappa shape index (κ2) is 16.6. The van der Waals surface area contributed by atoms with Crippen LogP contribution in [0.1, 0.15) is 55.7 Å². The summed E-state index contributed by atoms with van der Waals surface area (Å²) in [6.45, 7) is 3.57. The number of nitrogens with one attached hydrogen (secondary N) is 1. The molecule has 49 heavy (non-hydrogen) atoms. The summed E-state index contributed by atoms with van der Waals surface area (Å²) in [6.07, 6.45) is 5.08. The van der Waals surface area contributed by atoms with Gasteiger partial charge in [-0.2, -0.15) is 0 Å². The smallest absolute Gasteiger partial charge is 0.264 e. The van der Waals surface area contributed by atoms with Gasteiger partial charge in [0.1, 0.15) is 24.2 Å². The molecule has 0 aliphatic heterocycles. The van der Waals surface area contributed by atoms with Crippen molar-refractivity contribution in [2.45, 2.75) is 75.9 Å². The van der Waals surface area contributed by atoms with Crippen LogP contribution in [-0.4, -0.2) is 50.4 Å². The highest BCUT2D eigenvalue weighted by Crippen LogP contribution is 2.27. The summed E-state index contributed by atoms with van der Waals surface area (Å²) in [5.74, 6) is -0.774. The van der Waals surface area contributed by atoms with E-state index < -0.39 is 34.3 Å². The van der Waals surface area contributed by atoms with E-state index in [1.165, 1.54) is 29.2 Å². The fraction of sp³-hybridized carbons (Fsp3) is 0.333. The topological polar surface area (TPSA) is 96.0 Å². The van der Waals surface area contributed by atoms with Gasteiger partial charge in [-0.3, -0.25) is 13.9 Å². The molecule has 0 bridgehead atoms. The van der Waals surface area contributed by atoms with Crippen LogP contribution in [0.3, 0.4) is 0 Å². The van der Waals surface area contributed by atoms with Gasteiger partial charge in [0.15, 0.2) is 0 Å². The van der Waals surface area contributed by atoms with Gasteiger partial charge in [-0.05, 0) is 86.3 Å². The third-order valence-electron chi connectivity index (χ3n) is 8.81. The van der Waals surface area contributed by atoms with E-state index in [4.69, 9.17) is 4.74 Å². The molecule has 5 rings (SSSR count). The van der Waals surface area contributed by atoms with Crippen molar-refractivity contribution in [2.75, 3.05) is 17.5 Å². The molecule has 0 aromatic heterocycles. The maximum Gasteiger partial charge on any atom is 0.264 e. The van der Waals surface area contributed by atoms with Gasteiger partial charge in [0.05, 0.1) is 17.2 Å². The van der Waals surface area contributed by atoms with Crippen molar-refractivity contribution >= 4 is 27.5 Å². The van der Waals surface area contributed by atoms with Gasteiger partial charge in [0.2, 0.25) is 11.8 Å². The molecule has 1 saturated carbocycles. The summed E-state index contributed by atoms with van der Waals surface area (Å²) >= 11 is 0. The molecule has 1 fully saturated rings. The maximum absolute atomic E-state index is 14.7. The fourth-order valence-corrected chi connectivity index (χ4v) is 7.54. The Balaban J connectivity index is 1.55. The van der Waals surface area contributed by atoms with E-state index in [1.54, 1.807) is 48.5 Å². The number of aryl methyl sites for hydroxylation is 1. The number of carbonyl (C=O) groups excluding carboxylic acids is 2. The van der Waals surface area contributed by atoms with Crippen LogP contribution in [0.5, 0.6) is 5.75 Å². The minimum absolute atomic E-state index is 0.00797. The first-order chi connectivity index (χ1) is 23.6. The molecule has 1 N–H and O–H groups in total. The Bertz CT molecular complexity index is 1780. The summed E-state index contributed by atoms with van der Waals surface area (Å²) in [5, 5.41) is 3.20. The molecule has 1 atom stereocenters. The Labute approximate surface area is 289 Å². The largest absolute Gasteiger partial charge is 0.494 e. The highest BCUT2D eigenvalue weighted by molar-refractivity contribution is 7.92. The highest BCUT2D eigenvalue weighted by atomic mass is 32.2. The second-order valence-electron chi connectivity index (χ2n) is 12.4. The third kappa shape index (κ3) is 9.47. The number of hydrogen-bond acceptors (Lipinski definition) is 5. The quantitative estimate of drug-likeness (QED) is 0.157. The van der Waals surface area contributed by atoms with Crippen molar-refractivity contribution < 1.29 is 27.1 Å². The van der Waals surface area contributed by atoms with E-state index in [9.17, 15) is 22.4 Å². The molecule has 0 unspecified atom stereocenters. The van der Waals surface area contributed by atoms with Crippen LogP contribution in [0.2, 0.25) is 0 Å². The number of amides is 2. The van der Waals surface area contributed by atoms with Crippen molar-refractivity contribution in [1.82, 2.24) is 10.2 Å². The summed E-state index contributed by atoms with van der Waals surface area (Å²) in [5.41, 5.74) is 2.68. The average molecular weight is 686 g/mol. The molecule has 0 radical (unpaired) electrons. The van der Waals surface area contributed by atoms with Crippen molar-refractivity contribution in [3.8, 4) is 5.75 Å². The third-order valence-corrected chi connectivity index (χ3v) is 10.6. The van der Waals surface area contributed by atoms with Gasteiger partial charge in [-0.25, -0.2) is 12.8 Å². The molecule has 10 heteroatoms. The zero-order valence-corrected chi connectivity index (χ0v) is 28.9. The van der Waals surface area contributed by atoms with Gasteiger partial charge in [-0.1, -0.05) is 79.4 Å². The van der Waals surface area contributed by atoms with Crippen molar-refractivity contribution in [2.24, 2.45) is 0 Å². The fourth-order valence-electron chi connectivity index (χ4n) is 6.13. The van der Waals surface area contributed by atoms with Crippen molar-refractivity contribution in [3.63, 3.8) is 0 Å². The van der Waals surface area contributed by atoms with E-state index in [2.05, 4.69) is 5.32 Å². The number of sulfonamides is 1. The van der Waals surface area contributed by atoms with Gasteiger partial charge >= 0.3 is 0 Å². The predicted molar refractivity (Wildman–Crippen MR) is 189 cm³/mol. The van der Waals surface area contributed by atoms with E-state index in [1.807, 2.05) is 44.2 Å². The van der Waals surface area contributed by atoms with E-state index in [0.29, 0.717) is 23.6 Å². The monoisotopic (exact) mass is 685 g/mol. The molecule has 2 amide bonds. The Morgan fingerprint density at radius 2 is 1.51 bits per heavy atom. The Kier molecular flexibility index (Phi) is 12.1. The van der Waals surface area contributed by atoms with Crippen LogP contribution in [-0.2, 0) is 32.6 Å². The molecule has 0 spiro atoms. The van der Waals surface area contributed by atoms with Gasteiger partial charge in [0.25, 0.3) is 10.0 Å². The first-order valence-electron chi connectivity index (χ1n) is 16.8. The van der Waals surface area contributed by atoms with Gasteiger partial charge in [-0.15, -0.1) is 0 Å². The van der Waals surface area contributed by atoms with Crippen LogP contribution in [0.4, 0.5) is 10.1 Å². The normalized spacial score (nSPS) is 14.1.